The molecular formula is C14H18BrNO2. The second-order valence-corrected chi connectivity index (χ2v) is 5.82. The van der Waals surface area contributed by atoms with E-state index in [1.54, 1.807) is 0 Å². The molecule has 1 aromatic rings. The van der Waals surface area contributed by atoms with Gasteiger partial charge in [-0.15, -0.1) is 0 Å². The Hall–Kier alpha value is -0.870. The average Bonchev–Trinajstić information content (AvgIpc) is 2.28. The van der Waals surface area contributed by atoms with Gasteiger partial charge >= 0.3 is 0 Å². The molecule has 0 aliphatic carbocycles. The third-order valence-electron chi connectivity index (χ3n) is 3.32. The molecule has 2 rings (SSSR count). The number of hydrogen-bond acceptors (Lipinski definition) is 2. The maximum atomic E-state index is 12.6. The molecule has 1 fully saturated rings. The lowest BCUT2D eigenvalue weighted by molar-refractivity contribution is -0.0249. The summed E-state index contributed by atoms with van der Waals surface area (Å²) in [6, 6.07) is 6.03. The summed E-state index contributed by atoms with van der Waals surface area (Å²) in [7, 11) is 0. The van der Waals surface area contributed by atoms with E-state index >= 15 is 0 Å². The van der Waals surface area contributed by atoms with Crippen LogP contribution in [0.15, 0.2) is 22.7 Å². The number of aryl methyl sites for hydroxylation is 1. The molecule has 2 atom stereocenters. The molecule has 0 saturated carbocycles. The van der Waals surface area contributed by atoms with E-state index < -0.39 is 0 Å². The maximum Gasteiger partial charge on any atom is 0.254 e. The van der Waals surface area contributed by atoms with Crippen LogP contribution in [0.2, 0.25) is 0 Å². The van der Waals surface area contributed by atoms with Crippen LogP contribution in [0.4, 0.5) is 0 Å². The van der Waals surface area contributed by atoms with E-state index in [0.29, 0.717) is 13.2 Å². The zero-order chi connectivity index (χ0) is 13.3. The van der Waals surface area contributed by atoms with Gasteiger partial charge in [-0.05, 0) is 44.5 Å². The maximum absolute atomic E-state index is 12.6. The Kier molecular flexibility index (Phi) is 4.07. The van der Waals surface area contributed by atoms with Gasteiger partial charge in [0.1, 0.15) is 0 Å². The number of carbonyl (C=O) groups is 1. The predicted octanol–water partition coefficient (Wildman–Crippen LogP) is 3.01. The number of hydrogen-bond donors (Lipinski definition) is 0. The van der Waals surface area contributed by atoms with Gasteiger partial charge in [-0.3, -0.25) is 4.79 Å². The van der Waals surface area contributed by atoms with E-state index in [9.17, 15) is 4.79 Å². The van der Waals surface area contributed by atoms with Crippen LogP contribution in [0.5, 0.6) is 0 Å². The molecule has 98 valence electrons. The lowest BCUT2D eigenvalue weighted by atomic mass is 10.0. The van der Waals surface area contributed by atoms with Gasteiger partial charge in [0.15, 0.2) is 0 Å². The Labute approximate surface area is 116 Å². The molecule has 0 radical (unpaired) electrons. The highest BCUT2D eigenvalue weighted by Gasteiger charge is 2.30. The normalized spacial score (nSPS) is 24.1. The summed E-state index contributed by atoms with van der Waals surface area (Å²) in [6.07, 6.45) is 0. The van der Waals surface area contributed by atoms with Crippen molar-refractivity contribution in [2.24, 2.45) is 0 Å². The zero-order valence-electron chi connectivity index (χ0n) is 10.9. The van der Waals surface area contributed by atoms with Crippen molar-refractivity contribution in [3.05, 3.63) is 33.8 Å². The van der Waals surface area contributed by atoms with Crippen molar-refractivity contribution >= 4 is 21.8 Å². The molecule has 1 aliphatic rings. The van der Waals surface area contributed by atoms with Crippen LogP contribution in [-0.2, 0) is 4.74 Å². The summed E-state index contributed by atoms with van der Waals surface area (Å²) in [4.78, 5) is 14.5. The number of benzene rings is 1. The first-order chi connectivity index (χ1) is 8.50. The molecule has 1 aromatic carbocycles. The van der Waals surface area contributed by atoms with Gasteiger partial charge in [-0.25, -0.2) is 0 Å². The second kappa shape index (κ2) is 5.41. The van der Waals surface area contributed by atoms with Gasteiger partial charge in [0.2, 0.25) is 0 Å². The van der Waals surface area contributed by atoms with Crippen molar-refractivity contribution in [3.63, 3.8) is 0 Å². The van der Waals surface area contributed by atoms with E-state index in [2.05, 4.69) is 15.9 Å². The van der Waals surface area contributed by atoms with E-state index in [1.165, 1.54) is 0 Å². The van der Waals surface area contributed by atoms with Crippen LogP contribution in [-0.4, -0.2) is 36.1 Å². The summed E-state index contributed by atoms with van der Waals surface area (Å²) in [5.74, 6) is 0.100. The third kappa shape index (κ3) is 2.59. The van der Waals surface area contributed by atoms with Gasteiger partial charge in [0, 0.05) is 10.0 Å². The molecule has 1 heterocycles. The molecule has 0 N–H and O–H groups in total. The van der Waals surface area contributed by atoms with E-state index in [-0.39, 0.29) is 18.0 Å². The molecule has 18 heavy (non-hydrogen) atoms. The first-order valence-corrected chi connectivity index (χ1v) is 6.96. The van der Waals surface area contributed by atoms with Crippen molar-refractivity contribution < 1.29 is 9.53 Å². The largest absolute Gasteiger partial charge is 0.377 e. The Morgan fingerprint density at radius 1 is 1.33 bits per heavy atom. The first kappa shape index (κ1) is 13.6. The summed E-state index contributed by atoms with van der Waals surface area (Å²) >= 11 is 3.42. The lowest BCUT2D eigenvalue weighted by Crippen LogP contribution is -2.52. The minimum atomic E-state index is 0.100. The summed E-state index contributed by atoms with van der Waals surface area (Å²) < 4.78 is 6.46. The van der Waals surface area contributed by atoms with E-state index in [1.807, 2.05) is 43.9 Å². The van der Waals surface area contributed by atoms with Gasteiger partial charge in [0.05, 0.1) is 25.3 Å². The van der Waals surface area contributed by atoms with Gasteiger partial charge < -0.3 is 9.64 Å². The lowest BCUT2D eigenvalue weighted by Gasteiger charge is -2.39. The van der Waals surface area contributed by atoms with Crippen LogP contribution in [0.25, 0.3) is 0 Å². The monoisotopic (exact) mass is 311 g/mol. The SMILES string of the molecule is Cc1cc(Br)ccc1C(=O)N1[C@H](C)COC[C@@H]1C. The minimum Gasteiger partial charge on any atom is -0.377 e. The molecule has 0 aromatic heterocycles. The van der Waals surface area contributed by atoms with Crippen LogP contribution >= 0.6 is 15.9 Å². The van der Waals surface area contributed by atoms with Gasteiger partial charge in [0.25, 0.3) is 5.91 Å². The van der Waals surface area contributed by atoms with Crippen LogP contribution in [0.1, 0.15) is 29.8 Å². The van der Waals surface area contributed by atoms with E-state index in [0.717, 1.165) is 15.6 Å². The minimum absolute atomic E-state index is 0.100. The molecule has 1 aliphatic heterocycles. The van der Waals surface area contributed by atoms with Crippen molar-refractivity contribution in [2.75, 3.05) is 13.2 Å². The molecule has 3 nitrogen and oxygen atoms in total. The molecule has 1 amide bonds. The number of halogens is 1. The highest BCUT2D eigenvalue weighted by molar-refractivity contribution is 9.10. The third-order valence-corrected chi connectivity index (χ3v) is 3.81. The molecular weight excluding hydrogens is 294 g/mol. The molecule has 4 heteroatoms. The topological polar surface area (TPSA) is 29.5 Å². The smallest absolute Gasteiger partial charge is 0.254 e. The summed E-state index contributed by atoms with van der Waals surface area (Å²) in [5, 5.41) is 0. The summed E-state index contributed by atoms with van der Waals surface area (Å²) in [5.41, 5.74) is 1.78. The van der Waals surface area contributed by atoms with Crippen molar-refractivity contribution in [3.8, 4) is 0 Å². The van der Waals surface area contributed by atoms with Gasteiger partial charge in [-0.1, -0.05) is 15.9 Å². The van der Waals surface area contributed by atoms with Crippen LogP contribution in [0, 0.1) is 6.92 Å². The molecule has 0 spiro atoms. The predicted molar refractivity (Wildman–Crippen MR) is 74.8 cm³/mol. The Bertz CT molecular complexity index is 451. The standard InChI is InChI=1S/C14H18BrNO2/c1-9-6-12(15)4-5-13(9)14(17)16-10(2)7-18-8-11(16)3/h4-6,10-11H,7-8H2,1-3H3/t10-,11+. The molecule has 0 unspecified atom stereocenters. The number of nitrogens with zero attached hydrogens (tertiary/aromatic N) is 1. The number of amides is 1. The van der Waals surface area contributed by atoms with Crippen molar-refractivity contribution in [2.45, 2.75) is 32.9 Å². The van der Waals surface area contributed by atoms with Crippen LogP contribution < -0.4 is 0 Å². The van der Waals surface area contributed by atoms with Crippen molar-refractivity contribution in [1.29, 1.82) is 0 Å². The Morgan fingerprint density at radius 3 is 2.50 bits per heavy atom. The number of rotatable bonds is 1. The number of morpholine rings is 1. The zero-order valence-corrected chi connectivity index (χ0v) is 12.5. The highest BCUT2D eigenvalue weighted by Crippen LogP contribution is 2.21. The first-order valence-electron chi connectivity index (χ1n) is 6.17. The number of carbonyl (C=O) groups excluding carboxylic acids is 1. The second-order valence-electron chi connectivity index (χ2n) is 4.91. The fraction of sp³-hybridized carbons (Fsp3) is 0.500. The fourth-order valence-corrected chi connectivity index (χ4v) is 2.89. The average molecular weight is 312 g/mol. The summed E-state index contributed by atoms with van der Waals surface area (Å²) in [6.45, 7) is 7.26. The van der Waals surface area contributed by atoms with Crippen molar-refractivity contribution in [1.82, 2.24) is 4.90 Å². The van der Waals surface area contributed by atoms with Gasteiger partial charge in [-0.2, -0.15) is 0 Å². The quantitative estimate of drug-likeness (QED) is 0.798. The Balaban J connectivity index is 2.29. The van der Waals surface area contributed by atoms with Crippen LogP contribution in [0.3, 0.4) is 0 Å². The molecule has 1 saturated heterocycles. The van der Waals surface area contributed by atoms with E-state index in [4.69, 9.17) is 4.74 Å². The number of ether oxygens (including phenoxy) is 1. The fourth-order valence-electron chi connectivity index (χ4n) is 2.41. The Morgan fingerprint density at radius 2 is 1.94 bits per heavy atom. The highest BCUT2D eigenvalue weighted by atomic mass is 79.9. The molecule has 0 bridgehead atoms.